The van der Waals surface area contributed by atoms with Gasteiger partial charge in [-0.2, -0.15) is 0 Å². The molecule has 4 aromatic rings. The van der Waals surface area contributed by atoms with E-state index in [0.29, 0.717) is 12.1 Å². The third-order valence-corrected chi connectivity index (χ3v) is 6.45. The minimum atomic E-state index is 0.540. The van der Waals surface area contributed by atoms with Crippen LogP contribution in [0.15, 0.2) is 66.9 Å². The van der Waals surface area contributed by atoms with Gasteiger partial charge in [0.25, 0.3) is 0 Å². The smallest absolute Gasteiger partial charge is 0.159 e. The van der Waals surface area contributed by atoms with E-state index in [1.165, 1.54) is 22.9 Å². The van der Waals surface area contributed by atoms with Crippen molar-refractivity contribution in [2.45, 2.75) is 32.0 Å². The van der Waals surface area contributed by atoms with Gasteiger partial charge in [0, 0.05) is 49.4 Å². The fourth-order valence-corrected chi connectivity index (χ4v) is 4.87. The Kier molecular flexibility index (Phi) is 4.39. The number of nitrogens with zero attached hydrogens (tertiary/aromatic N) is 4. The van der Waals surface area contributed by atoms with Crippen LogP contribution in [0.3, 0.4) is 0 Å². The second kappa shape index (κ2) is 7.39. The number of anilines is 2. The standard InChI is InChI=1S/C25H26N6/c1-17-7-8-22-23(11-17)31(29-25(22)30-16-19-12-21(30)15-27-19)20-9-10-26-24(13-20)28-14-18-5-3-2-4-6-18/h2-11,13,19,21,27H,12,14-16H2,1H3,(H,26,28). The number of fused-ring (bicyclic) bond motifs is 3. The zero-order valence-electron chi connectivity index (χ0n) is 17.6. The van der Waals surface area contributed by atoms with Crippen molar-refractivity contribution in [3.8, 4) is 5.69 Å². The average Bonchev–Trinajstić information content (AvgIpc) is 3.52. The summed E-state index contributed by atoms with van der Waals surface area (Å²) in [5, 5.41) is 13.4. The summed E-state index contributed by atoms with van der Waals surface area (Å²) in [5.74, 6) is 1.95. The fraction of sp³-hybridized carbons (Fsp3) is 0.280. The number of benzene rings is 2. The lowest BCUT2D eigenvalue weighted by atomic mass is 10.1. The van der Waals surface area contributed by atoms with Crippen LogP contribution in [-0.4, -0.2) is 39.9 Å². The molecule has 2 unspecified atom stereocenters. The van der Waals surface area contributed by atoms with Gasteiger partial charge in [0.05, 0.1) is 11.2 Å². The molecule has 2 bridgehead atoms. The maximum absolute atomic E-state index is 5.12. The number of hydrogen-bond donors (Lipinski definition) is 2. The van der Waals surface area contributed by atoms with Crippen molar-refractivity contribution in [1.82, 2.24) is 20.1 Å². The highest BCUT2D eigenvalue weighted by atomic mass is 15.4. The van der Waals surface area contributed by atoms with Gasteiger partial charge in [-0.25, -0.2) is 9.67 Å². The van der Waals surface area contributed by atoms with Crippen LogP contribution in [0.1, 0.15) is 17.5 Å². The number of rotatable bonds is 5. The summed E-state index contributed by atoms with van der Waals surface area (Å²) >= 11 is 0. The SMILES string of the molecule is Cc1ccc2c(N3CC4CC3CN4)nn(-c3ccnc(NCc4ccccc4)c3)c2c1. The molecule has 2 fully saturated rings. The van der Waals surface area contributed by atoms with Crippen LogP contribution in [0, 0.1) is 6.92 Å². The van der Waals surface area contributed by atoms with Gasteiger partial charge in [0.2, 0.25) is 0 Å². The number of hydrogen-bond acceptors (Lipinski definition) is 5. The molecule has 4 heterocycles. The first-order chi connectivity index (χ1) is 15.2. The predicted octanol–water partition coefficient (Wildman–Crippen LogP) is 3.89. The number of nitrogens with one attached hydrogen (secondary N) is 2. The lowest BCUT2D eigenvalue weighted by molar-refractivity contribution is 0.575. The molecule has 2 saturated heterocycles. The molecule has 2 aromatic heterocycles. The van der Waals surface area contributed by atoms with Gasteiger partial charge in [-0.1, -0.05) is 36.4 Å². The first-order valence-electron chi connectivity index (χ1n) is 11.0. The number of aryl methyl sites for hydroxylation is 1. The third kappa shape index (κ3) is 3.33. The molecular weight excluding hydrogens is 384 g/mol. The third-order valence-electron chi connectivity index (χ3n) is 6.45. The fourth-order valence-electron chi connectivity index (χ4n) is 4.87. The number of aromatic nitrogens is 3. The Morgan fingerprint density at radius 1 is 1.10 bits per heavy atom. The van der Waals surface area contributed by atoms with Gasteiger partial charge in [0.1, 0.15) is 5.82 Å². The number of piperazine rings is 1. The molecular formula is C25H26N6. The number of pyridine rings is 1. The molecule has 2 aliphatic heterocycles. The molecule has 6 rings (SSSR count). The molecule has 0 radical (unpaired) electrons. The maximum Gasteiger partial charge on any atom is 0.159 e. The van der Waals surface area contributed by atoms with Gasteiger partial charge in [-0.15, -0.1) is 5.10 Å². The zero-order valence-corrected chi connectivity index (χ0v) is 17.6. The van der Waals surface area contributed by atoms with Crippen LogP contribution >= 0.6 is 0 Å². The quantitative estimate of drug-likeness (QED) is 0.523. The van der Waals surface area contributed by atoms with Crippen LogP contribution in [0.5, 0.6) is 0 Å². The van der Waals surface area contributed by atoms with Gasteiger partial charge >= 0.3 is 0 Å². The van der Waals surface area contributed by atoms with Gasteiger partial charge < -0.3 is 15.5 Å². The van der Waals surface area contributed by atoms with E-state index in [2.05, 4.69) is 80.7 Å². The Morgan fingerprint density at radius 3 is 2.81 bits per heavy atom. The second-order valence-electron chi connectivity index (χ2n) is 8.64. The van der Waals surface area contributed by atoms with Gasteiger partial charge in [-0.05, 0) is 42.7 Å². The highest BCUT2D eigenvalue weighted by Crippen LogP contribution is 2.35. The van der Waals surface area contributed by atoms with Crippen LogP contribution in [0.25, 0.3) is 16.6 Å². The monoisotopic (exact) mass is 410 g/mol. The normalized spacial score (nSPS) is 20.0. The van der Waals surface area contributed by atoms with Crippen molar-refractivity contribution in [2.24, 2.45) is 0 Å². The summed E-state index contributed by atoms with van der Waals surface area (Å²) < 4.78 is 2.08. The molecule has 31 heavy (non-hydrogen) atoms. The summed E-state index contributed by atoms with van der Waals surface area (Å²) in [6.45, 7) is 4.96. The van der Waals surface area contributed by atoms with Crippen molar-refractivity contribution < 1.29 is 0 Å². The van der Waals surface area contributed by atoms with E-state index in [9.17, 15) is 0 Å². The zero-order chi connectivity index (χ0) is 20.8. The van der Waals surface area contributed by atoms with E-state index in [1.54, 1.807) is 0 Å². The van der Waals surface area contributed by atoms with Crippen LogP contribution in [0.4, 0.5) is 11.6 Å². The van der Waals surface area contributed by atoms with Crippen LogP contribution < -0.4 is 15.5 Å². The van der Waals surface area contributed by atoms with E-state index >= 15 is 0 Å². The van der Waals surface area contributed by atoms with Crippen molar-refractivity contribution in [1.29, 1.82) is 0 Å². The molecule has 0 spiro atoms. The molecule has 0 saturated carbocycles. The summed E-state index contributed by atoms with van der Waals surface area (Å²) in [5.41, 5.74) is 4.64. The Labute approximate surface area is 181 Å². The molecule has 2 atom stereocenters. The lowest BCUT2D eigenvalue weighted by Crippen LogP contribution is -2.43. The Bertz CT molecular complexity index is 1230. The summed E-state index contributed by atoms with van der Waals surface area (Å²) in [6, 6.07) is 22.3. The molecule has 2 aromatic carbocycles. The Hall–Kier alpha value is -3.38. The molecule has 156 valence electrons. The minimum Gasteiger partial charge on any atom is -0.366 e. The maximum atomic E-state index is 5.12. The van der Waals surface area contributed by atoms with E-state index in [0.717, 1.165) is 42.5 Å². The van der Waals surface area contributed by atoms with Crippen molar-refractivity contribution in [2.75, 3.05) is 23.3 Å². The minimum absolute atomic E-state index is 0.540. The highest BCUT2D eigenvalue weighted by molar-refractivity contribution is 5.92. The van der Waals surface area contributed by atoms with Crippen molar-refractivity contribution in [3.63, 3.8) is 0 Å². The van der Waals surface area contributed by atoms with Crippen molar-refractivity contribution >= 4 is 22.5 Å². The van der Waals surface area contributed by atoms with E-state index < -0.39 is 0 Å². The van der Waals surface area contributed by atoms with E-state index in [-0.39, 0.29) is 0 Å². The molecule has 0 aliphatic carbocycles. The van der Waals surface area contributed by atoms with E-state index in [1.807, 2.05) is 18.3 Å². The highest BCUT2D eigenvalue weighted by Gasteiger charge is 2.39. The molecule has 6 nitrogen and oxygen atoms in total. The lowest BCUT2D eigenvalue weighted by Gasteiger charge is -2.27. The summed E-state index contributed by atoms with van der Waals surface area (Å²) in [6.07, 6.45) is 3.07. The summed E-state index contributed by atoms with van der Waals surface area (Å²) in [4.78, 5) is 7.01. The van der Waals surface area contributed by atoms with Crippen LogP contribution in [0.2, 0.25) is 0 Å². The van der Waals surface area contributed by atoms with Crippen LogP contribution in [-0.2, 0) is 6.54 Å². The molecule has 6 heteroatoms. The molecule has 2 aliphatic rings. The predicted molar refractivity (Wildman–Crippen MR) is 125 cm³/mol. The topological polar surface area (TPSA) is 58.0 Å². The van der Waals surface area contributed by atoms with Crippen molar-refractivity contribution in [3.05, 3.63) is 78.0 Å². The van der Waals surface area contributed by atoms with Gasteiger partial charge in [-0.3, -0.25) is 0 Å². The summed E-state index contributed by atoms with van der Waals surface area (Å²) in [7, 11) is 0. The van der Waals surface area contributed by atoms with Gasteiger partial charge in [0.15, 0.2) is 5.82 Å². The molecule has 0 amide bonds. The molecule has 2 N–H and O–H groups in total. The first-order valence-corrected chi connectivity index (χ1v) is 11.0. The van der Waals surface area contributed by atoms with E-state index in [4.69, 9.17) is 5.10 Å². The Morgan fingerprint density at radius 2 is 2.00 bits per heavy atom. The Balaban J connectivity index is 1.37. The second-order valence-corrected chi connectivity index (χ2v) is 8.64. The first kappa shape index (κ1) is 18.4. The average molecular weight is 411 g/mol. The largest absolute Gasteiger partial charge is 0.366 e.